The number of nitrogens with two attached hydrogens (primary N) is 1. The maximum atomic E-state index is 13.0. The minimum atomic E-state index is -0.655. The number of methoxy groups -OCH3 is 1. The number of halogens is 1. The number of imidazole rings is 1. The maximum Gasteiger partial charge on any atom is 0.235 e. The van der Waals surface area contributed by atoms with Gasteiger partial charge in [0.2, 0.25) is 5.91 Å². The minimum absolute atomic E-state index is 0.363. The molecule has 0 aliphatic heterocycles. The minimum Gasteiger partial charge on any atom is -0.497 e. The summed E-state index contributed by atoms with van der Waals surface area (Å²) in [5.41, 5.74) is 7.67. The van der Waals surface area contributed by atoms with Gasteiger partial charge in [-0.1, -0.05) is 23.9 Å². The van der Waals surface area contributed by atoms with Crippen molar-refractivity contribution in [3.05, 3.63) is 53.8 Å². The zero-order valence-electron chi connectivity index (χ0n) is 12.2. The number of hydrogen-bond donors (Lipinski definition) is 2. The topological polar surface area (TPSA) is 81.0 Å². The summed E-state index contributed by atoms with van der Waals surface area (Å²) in [4.78, 5) is 19.3. The summed E-state index contributed by atoms with van der Waals surface area (Å²) in [6, 6.07) is 11.1. The van der Waals surface area contributed by atoms with Gasteiger partial charge in [0, 0.05) is 6.07 Å². The van der Waals surface area contributed by atoms with E-state index in [9.17, 15) is 9.18 Å². The van der Waals surface area contributed by atoms with Crippen LogP contribution < -0.4 is 10.5 Å². The number of H-pyrrole nitrogens is 1. The molecule has 2 aromatic carbocycles. The van der Waals surface area contributed by atoms with Gasteiger partial charge in [-0.15, -0.1) is 0 Å². The van der Waals surface area contributed by atoms with Crippen molar-refractivity contribution in [3.63, 3.8) is 0 Å². The zero-order chi connectivity index (χ0) is 16.4. The Hall–Kier alpha value is -2.54. The highest BCUT2D eigenvalue weighted by Gasteiger charge is 2.21. The average Bonchev–Trinajstić information content (AvgIpc) is 2.94. The number of ether oxygens (including phenoxy) is 1. The van der Waals surface area contributed by atoms with Crippen LogP contribution in [0.4, 0.5) is 4.39 Å². The largest absolute Gasteiger partial charge is 0.497 e. The van der Waals surface area contributed by atoms with E-state index >= 15 is 0 Å². The molecule has 0 radical (unpaired) electrons. The summed E-state index contributed by atoms with van der Waals surface area (Å²) in [5, 5.41) is -0.0977. The summed E-state index contributed by atoms with van der Waals surface area (Å²) < 4.78 is 18.2. The third-order valence-corrected chi connectivity index (χ3v) is 4.48. The summed E-state index contributed by atoms with van der Waals surface area (Å²) in [5.74, 6) is -0.167. The van der Waals surface area contributed by atoms with Gasteiger partial charge in [0.05, 0.1) is 18.1 Å². The molecule has 118 valence electrons. The van der Waals surface area contributed by atoms with Crippen LogP contribution in [0.5, 0.6) is 5.75 Å². The van der Waals surface area contributed by atoms with E-state index in [4.69, 9.17) is 10.5 Å². The van der Waals surface area contributed by atoms with E-state index in [1.165, 1.54) is 23.9 Å². The Balaban J connectivity index is 1.91. The first-order valence-electron chi connectivity index (χ1n) is 6.82. The lowest BCUT2D eigenvalue weighted by molar-refractivity contribution is -0.117. The Morgan fingerprint density at radius 1 is 1.30 bits per heavy atom. The molecular formula is C16H14FN3O2S. The highest BCUT2D eigenvalue weighted by Crippen LogP contribution is 2.34. The van der Waals surface area contributed by atoms with Crippen molar-refractivity contribution in [2.45, 2.75) is 10.4 Å². The van der Waals surface area contributed by atoms with Gasteiger partial charge in [-0.05, 0) is 29.8 Å². The Bertz CT molecular complexity index is 848. The fourth-order valence-corrected chi connectivity index (χ4v) is 3.14. The number of nitrogens with zero attached hydrogens (tertiary/aromatic N) is 1. The number of carbonyl (C=O) groups excluding carboxylic acids is 1. The van der Waals surface area contributed by atoms with Gasteiger partial charge < -0.3 is 15.5 Å². The monoisotopic (exact) mass is 331 g/mol. The number of fused-ring (bicyclic) bond motifs is 1. The molecule has 23 heavy (non-hydrogen) atoms. The lowest BCUT2D eigenvalue weighted by Crippen LogP contribution is -2.19. The van der Waals surface area contributed by atoms with Gasteiger partial charge in [0.25, 0.3) is 0 Å². The molecule has 1 heterocycles. The summed E-state index contributed by atoms with van der Waals surface area (Å²) >= 11 is 1.19. The SMILES string of the molecule is COc1ccc2nc(S[C@@H](C(N)=O)c3ccc(F)cc3)[nH]c2c1. The van der Waals surface area contributed by atoms with E-state index in [0.717, 1.165) is 11.0 Å². The lowest BCUT2D eigenvalue weighted by Gasteiger charge is -2.11. The number of rotatable bonds is 5. The van der Waals surface area contributed by atoms with Gasteiger partial charge in [-0.2, -0.15) is 0 Å². The molecule has 0 spiro atoms. The van der Waals surface area contributed by atoms with Crippen molar-refractivity contribution >= 4 is 28.7 Å². The number of amides is 1. The number of aromatic nitrogens is 2. The van der Waals surface area contributed by atoms with Gasteiger partial charge in [0.1, 0.15) is 16.8 Å². The van der Waals surface area contributed by atoms with Gasteiger partial charge in [-0.3, -0.25) is 4.79 Å². The molecule has 0 aliphatic rings. The van der Waals surface area contributed by atoms with E-state index in [1.54, 1.807) is 19.2 Å². The van der Waals surface area contributed by atoms with Crippen molar-refractivity contribution in [3.8, 4) is 5.75 Å². The predicted octanol–water partition coefficient (Wildman–Crippen LogP) is 3.03. The molecule has 0 saturated carbocycles. The smallest absolute Gasteiger partial charge is 0.235 e. The first-order chi connectivity index (χ1) is 11.1. The molecule has 0 unspecified atom stereocenters. The normalized spacial score (nSPS) is 12.3. The molecule has 7 heteroatoms. The Kier molecular flexibility index (Phi) is 4.20. The van der Waals surface area contributed by atoms with Gasteiger partial charge in [0.15, 0.2) is 5.16 Å². The van der Waals surface area contributed by atoms with Crippen molar-refractivity contribution in [2.75, 3.05) is 7.11 Å². The lowest BCUT2D eigenvalue weighted by atomic mass is 10.1. The Morgan fingerprint density at radius 2 is 2.04 bits per heavy atom. The number of aromatic amines is 1. The Labute approximate surface area is 136 Å². The standard InChI is InChI=1S/C16H14FN3O2S/c1-22-11-6-7-12-13(8-11)20-16(19-12)23-14(15(18)21)9-2-4-10(17)5-3-9/h2-8,14H,1H3,(H2,18,21)(H,19,20)/t14-/m1/s1. The number of nitrogens with one attached hydrogen (secondary N) is 1. The van der Waals surface area contributed by atoms with E-state index in [1.807, 2.05) is 18.2 Å². The molecule has 3 rings (SSSR count). The van der Waals surface area contributed by atoms with E-state index in [0.29, 0.717) is 16.5 Å². The highest BCUT2D eigenvalue weighted by atomic mass is 32.2. The van der Waals surface area contributed by atoms with Crippen molar-refractivity contribution in [2.24, 2.45) is 5.73 Å². The fraction of sp³-hybridized carbons (Fsp3) is 0.125. The first-order valence-corrected chi connectivity index (χ1v) is 7.70. The second-order valence-electron chi connectivity index (χ2n) is 4.88. The molecule has 0 bridgehead atoms. The van der Waals surface area contributed by atoms with Crippen LogP contribution in [0, 0.1) is 5.82 Å². The highest BCUT2D eigenvalue weighted by molar-refractivity contribution is 8.00. The van der Waals surface area contributed by atoms with E-state index in [-0.39, 0.29) is 5.82 Å². The van der Waals surface area contributed by atoms with Gasteiger partial charge in [-0.25, -0.2) is 9.37 Å². The van der Waals surface area contributed by atoms with Crippen LogP contribution >= 0.6 is 11.8 Å². The molecule has 1 atom stereocenters. The molecule has 1 aromatic heterocycles. The molecule has 0 saturated heterocycles. The van der Waals surface area contributed by atoms with Crippen LogP contribution in [-0.2, 0) is 4.79 Å². The maximum absolute atomic E-state index is 13.0. The van der Waals surface area contributed by atoms with Gasteiger partial charge >= 0.3 is 0 Å². The molecule has 3 N–H and O–H groups in total. The molecular weight excluding hydrogens is 317 g/mol. The number of carbonyl (C=O) groups is 1. The number of thioether (sulfide) groups is 1. The summed E-state index contributed by atoms with van der Waals surface area (Å²) in [6.45, 7) is 0. The molecule has 0 aliphatic carbocycles. The quantitative estimate of drug-likeness (QED) is 0.704. The molecule has 1 amide bonds. The third-order valence-electron chi connectivity index (χ3n) is 3.33. The van der Waals surface area contributed by atoms with E-state index < -0.39 is 11.2 Å². The van der Waals surface area contributed by atoms with E-state index in [2.05, 4.69) is 9.97 Å². The number of hydrogen-bond acceptors (Lipinski definition) is 4. The van der Waals surface area contributed by atoms with Crippen molar-refractivity contribution in [1.29, 1.82) is 0 Å². The van der Waals surface area contributed by atoms with Crippen LogP contribution in [-0.4, -0.2) is 23.0 Å². The predicted molar refractivity (Wildman–Crippen MR) is 86.8 cm³/mol. The molecule has 5 nitrogen and oxygen atoms in total. The third kappa shape index (κ3) is 3.29. The second kappa shape index (κ2) is 6.29. The first kappa shape index (κ1) is 15.4. The van der Waals surface area contributed by atoms with Crippen LogP contribution in [0.3, 0.4) is 0 Å². The number of benzene rings is 2. The molecule has 3 aromatic rings. The summed E-state index contributed by atoms with van der Waals surface area (Å²) in [6.07, 6.45) is 0. The average molecular weight is 331 g/mol. The zero-order valence-corrected chi connectivity index (χ0v) is 13.1. The molecule has 0 fully saturated rings. The Morgan fingerprint density at radius 3 is 2.70 bits per heavy atom. The van der Waals surface area contributed by atoms with Crippen LogP contribution in [0.2, 0.25) is 0 Å². The van der Waals surface area contributed by atoms with Crippen LogP contribution in [0.15, 0.2) is 47.6 Å². The summed E-state index contributed by atoms with van der Waals surface area (Å²) in [7, 11) is 1.59. The fourth-order valence-electron chi connectivity index (χ4n) is 2.19. The second-order valence-corrected chi connectivity index (χ2v) is 5.97. The number of primary amides is 1. The van der Waals surface area contributed by atoms with Crippen LogP contribution in [0.1, 0.15) is 10.8 Å². The van der Waals surface area contributed by atoms with Crippen LogP contribution in [0.25, 0.3) is 11.0 Å². The van der Waals surface area contributed by atoms with Crippen molar-refractivity contribution in [1.82, 2.24) is 9.97 Å². The van der Waals surface area contributed by atoms with Crippen molar-refractivity contribution < 1.29 is 13.9 Å².